The minimum absolute atomic E-state index is 0.0481. The Labute approximate surface area is 169 Å². The first-order valence-corrected chi connectivity index (χ1v) is 12.3. The molecule has 0 unspecified atom stereocenters. The molecule has 2 saturated heterocycles. The van der Waals surface area contributed by atoms with Gasteiger partial charge in [-0.25, -0.2) is 8.42 Å². The van der Waals surface area contributed by atoms with E-state index >= 15 is 0 Å². The van der Waals surface area contributed by atoms with Crippen LogP contribution in [0.4, 0.5) is 0 Å². The minimum Gasteiger partial charge on any atom is -0.338 e. The van der Waals surface area contributed by atoms with E-state index in [1.807, 2.05) is 19.1 Å². The molecule has 1 aromatic rings. The first-order valence-electron chi connectivity index (χ1n) is 10.9. The third-order valence-electron chi connectivity index (χ3n) is 6.89. The van der Waals surface area contributed by atoms with Gasteiger partial charge in [-0.05, 0) is 63.5 Å². The lowest BCUT2D eigenvalue weighted by molar-refractivity contribution is -0.142. The van der Waals surface area contributed by atoms with Gasteiger partial charge in [0.25, 0.3) is 0 Å². The second-order valence-electron chi connectivity index (χ2n) is 8.73. The van der Waals surface area contributed by atoms with Crippen molar-refractivity contribution in [3.05, 3.63) is 29.8 Å². The Hall–Kier alpha value is -1.40. The van der Waals surface area contributed by atoms with Crippen LogP contribution in [0, 0.1) is 12.8 Å². The van der Waals surface area contributed by atoms with Crippen LogP contribution >= 0.6 is 0 Å². The summed E-state index contributed by atoms with van der Waals surface area (Å²) in [5, 5.41) is 0. The molecule has 1 saturated carbocycles. The molecule has 5 nitrogen and oxygen atoms in total. The summed E-state index contributed by atoms with van der Waals surface area (Å²) in [4.78, 5) is 15.9. The molecule has 28 heavy (non-hydrogen) atoms. The zero-order valence-corrected chi connectivity index (χ0v) is 17.7. The summed E-state index contributed by atoms with van der Waals surface area (Å²) in [5.74, 6) is 0.657. The second kappa shape index (κ2) is 8.15. The van der Waals surface area contributed by atoms with E-state index in [0.29, 0.717) is 29.8 Å². The Kier molecular flexibility index (Phi) is 5.79. The van der Waals surface area contributed by atoms with E-state index in [9.17, 15) is 13.2 Å². The second-order valence-corrected chi connectivity index (χ2v) is 10.6. The standard InChI is InChI=1S/C22H32N2O3S/c1-17-11-13-19(14-12-17)28(26,27)24-16-5-4-10-21(24)22(25)23-15-6-8-18-7-2-3-9-20(18)23/h11-14,18,20-21H,2-10,15-16H2,1H3/t18-,20+,21+/m0/s1. The molecule has 1 aliphatic carbocycles. The normalized spacial score (nSPS) is 29.3. The number of sulfonamides is 1. The quantitative estimate of drug-likeness (QED) is 0.771. The van der Waals surface area contributed by atoms with Crippen molar-refractivity contribution in [3.8, 4) is 0 Å². The Morgan fingerprint density at radius 3 is 2.36 bits per heavy atom. The maximum absolute atomic E-state index is 13.6. The van der Waals surface area contributed by atoms with Crippen molar-refractivity contribution in [2.45, 2.75) is 81.7 Å². The van der Waals surface area contributed by atoms with E-state index in [1.165, 1.54) is 30.0 Å². The van der Waals surface area contributed by atoms with E-state index < -0.39 is 16.1 Å². The highest BCUT2D eigenvalue weighted by Gasteiger charge is 2.43. The van der Waals surface area contributed by atoms with Crippen molar-refractivity contribution in [2.75, 3.05) is 13.1 Å². The molecule has 2 heterocycles. The molecule has 154 valence electrons. The lowest BCUT2D eigenvalue weighted by Gasteiger charge is -2.46. The number of hydrogen-bond acceptors (Lipinski definition) is 3. The number of piperidine rings is 2. The fraction of sp³-hybridized carbons (Fsp3) is 0.682. The average Bonchev–Trinajstić information content (AvgIpc) is 2.73. The van der Waals surface area contributed by atoms with Gasteiger partial charge >= 0.3 is 0 Å². The van der Waals surface area contributed by atoms with Crippen LogP contribution in [-0.2, 0) is 14.8 Å². The van der Waals surface area contributed by atoms with E-state index in [0.717, 1.165) is 37.8 Å². The molecule has 0 N–H and O–H groups in total. The largest absolute Gasteiger partial charge is 0.338 e. The molecular weight excluding hydrogens is 372 g/mol. The van der Waals surface area contributed by atoms with Gasteiger partial charge in [0.15, 0.2) is 0 Å². The van der Waals surface area contributed by atoms with Gasteiger partial charge in [0.05, 0.1) is 4.90 Å². The van der Waals surface area contributed by atoms with Crippen LogP contribution in [0.1, 0.15) is 63.4 Å². The zero-order chi connectivity index (χ0) is 19.7. The zero-order valence-electron chi connectivity index (χ0n) is 16.8. The predicted molar refractivity (Wildman–Crippen MR) is 109 cm³/mol. The molecule has 6 heteroatoms. The molecule has 2 aliphatic heterocycles. The first-order chi connectivity index (χ1) is 13.5. The highest BCUT2D eigenvalue weighted by molar-refractivity contribution is 7.89. The number of carbonyl (C=O) groups is 1. The molecule has 3 aliphatic rings. The number of benzene rings is 1. The highest BCUT2D eigenvalue weighted by Crippen LogP contribution is 2.37. The number of nitrogens with zero attached hydrogens (tertiary/aromatic N) is 2. The van der Waals surface area contributed by atoms with Gasteiger partial charge < -0.3 is 4.90 Å². The summed E-state index contributed by atoms with van der Waals surface area (Å²) < 4.78 is 28.2. The van der Waals surface area contributed by atoms with Gasteiger partial charge in [0, 0.05) is 19.1 Å². The Balaban J connectivity index is 1.59. The highest BCUT2D eigenvalue weighted by atomic mass is 32.2. The number of aryl methyl sites for hydroxylation is 1. The predicted octanol–water partition coefficient (Wildman–Crippen LogP) is 3.72. The monoisotopic (exact) mass is 404 g/mol. The van der Waals surface area contributed by atoms with Gasteiger partial charge in [-0.1, -0.05) is 37.0 Å². The smallest absolute Gasteiger partial charge is 0.243 e. The fourth-order valence-electron chi connectivity index (χ4n) is 5.37. The van der Waals surface area contributed by atoms with E-state index in [-0.39, 0.29) is 5.91 Å². The number of fused-ring (bicyclic) bond motifs is 1. The van der Waals surface area contributed by atoms with Crippen LogP contribution in [0.25, 0.3) is 0 Å². The van der Waals surface area contributed by atoms with Gasteiger partial charge in [-0.15, -0.1) is 0 Å². The minimum atomic E-state index is -3.66. The molecule has 0 aromatic heterocycles. The molecule has 0 bridgehead atoms. The third-order valence-corrected chi connectivity index (χ3v) is 8.82. The van der Waals surface area contributed by atoms with E-state index in [2.05, 4.69) is 4.90 Å². The summed E-state index contributed by atoms with van der Waals surface area (Å²) >= 11 is 0. The van der Waals surface area contributed by atoms with Crippen molar-refractivity contribution >= 4 is 15.9 Å². The van der Waals surface area contributed by atoms with Crippen molar-refractivity contribution in [1.29, 1.82) is 0 Å². The topological polar surface area (TPSA) is 57.7 Å². The lowest BCUT2D eigenvalue weighted by atomic mass is 9.78. The van der Waals surface area contributed by atoms with Crippen LogP contribution in [0.15, 0.2) is 29.2 Å². The number of carbonyl (C=O) groups excluding carboxylic acids is 1. The Morgan fingerprint density at radius 1 is 0.893 bits per heavy atom. The third kappa shape index (κ3) is 3.73. The molecule has 3 atom stereocenters. The van der Waals surface area contributed by atoms with Crippen LogP contribution < -0.4 is 0 Å². The maximum atomic E-state index is 13.6. The van der Waals surface area contributed by atoms with Gasteiger partial charge in [0.1, 0.15) is 6.04 Å². The number of amides is 1. The molecule has 4 rings (SSSR count). The lowest BCUT2D eigenvalue weighted by Crippen LogP contribution is -2.58. The summed E-state index contributed by atoms with van der Waals surface area (Å²) in [6.07, 6.45) is 9.37. The fourth-order valence-corrected chi connectivity index (χ4v) is 7.03. The molecule has 3 fully saturated rings. The van der Waals surface area contributed by atoms with E-state index in [4.69, 9.17) is 0 Å². The van der Waals surface area contributed by atoms with Crippen LogP contribution in [0.2, 0.25) is 0 Å². The van der Waals surface area contributed by atoms with Crippen molar-refractivity contribution < 1.29 is 13.2 Å². The van der Waals surface area contributed by atoms with E-state index in [1.54, 1.807) is 12.1 Å². The summed E-state index contributed by atoms with van der Waals surface area (Å²) in [6, 6.07) is 6.76. The maximum Gasteiger partial charge on any atom is 0.243 e. The number of hydrogen-bond donors (Lipinski definition) is 0. The summed E-state index contributed by atoms with van der Waals surface area (Å²) in [7, 11) is -3.66. The average molecular weight is 405 g/mol. The molecule has 0 spiro atoms. The van der Waals surface area contributed by atoms with Crippen molar-refractivity contribution in [2.24, 2.45) is 5.92 Å². The van der Waals surface area contributed by atoms with Gasteiger partial charge in [-0.2, -0.15) is 4.31 Å². The number of likely N-dealkylation sites (tertiary alicyclic amines) is 1. The summed E-state index contributed by atoms with van der Waals surface area (Å²) in [5.41, 5.74) is 1.03. The van der Waals surface area contributed by atoms with Gasteiger partial charge in [0.2, 0.25) is 15.9 Å². The van der Waals surface area contributed by atoms with Crippen LogP contribution in [0.5, 0.6) is 0 Å². The number of rotatable bonds is 3. The molecule has 1 aromatic carbocycles. The van der Waals surface area contributed by atoms with Gasteiger partial charge in [-0.3, -0.25) is 4.79 Å². The molecular formula is C22H32N2O3S. The first kappa shape index (κ1) is 19.9. The van der Waals surface area contributed by atoms with Crippen LogP contribution in [0.3, 0.4) is 0 Å². The van der Waals surface area contributed by atoms with Crippen molar-refractivity contribution in [1.82, 2.24) is 9.21 Å². The molecule has 1 amide bonds. The Bertz CT molecular complexity index is 804. The SMILES string of the molecule is Cc1ccc(S(=O)(=O)N2CCCC[C@@H]2C(=O)N2CCC[C@@H]3CCCC[C@H]32)cc1. The summed E-state index contributed by atoms with van der Waals surface area (Å²) in [6.45, 7) is 3.17. The van der Waals surface area contributed by atoms with Crippen LogP contribution in [-0.4, -0.2) is 48.7 Å². The molecule has 0 radical (unpaired) electrons. The Morgan fingerprint density at radius 2 is 1.57 bits per heavy atom. The van der Waals surface area contributed by atoms with Crippen molar-refractivity contribution in [3.63, 3.8) is 0 Å².